The summed E-state index contributed by atoms with van der Waals surface area (Å²) < 4.78 is 31.6. The zero-order valence-corrected chi connectivity index (χ0v) is 34.8. The maximum absolute atomic E-state index is 14.7. The molecule has 6 atom stereocenters. The summed E-state index contributed by atoms with van der Waals surface area (Å²) >= 11 is 0. The first kappa shape index (κ1) is 43.1. The molecule has 3 N–H and O–H groups in total. The summed E-state index contributed by atoms with van der Waals surface area (Å²) in [6.45, 7) is 17.5. The van der Waals surface area contributed by atoms with E-state index >= 15 is 0 Å². The van der Waals surface area contributed by atoms with Crippen molar-refractivity contribution in [1.82, 2.24) is 10.2 Å². The molecule has 0 radical (unpaired) electrons. The number of unbranched alkanes of at least 4 members (excludes halogenated alkanes) is 2. The van der Waals surface area contributed by atoms with Gasteiger partial charge < -0.3 is 49.0 Å². The van der Waals surface area contributed by atoms with Crippen LogP contribution in [-0.2, 0) is 16.1 Å². The van der Waals surface area contributed by atoms with Gasteiger partial charge in [0.15, 0.2) is 11.5 Å². The first-order valence-corrected chi connectivity index (χ1v) is 21.0. The fourth-order valence-electron chi connectivity index (χ4n) is 9.06. The molecule has 0 saturated heterocycles. The number of nitrogens with one attached hydrogen (secondary N) is 1. The summed E-state index contributed by atoms with van der Waals surface area (Å²) in [5.74, 6) is 1.02. The third-order valence-electron chi connectivity index (χ3n) is 11.4. The molecule has 2 aromatic carbocycles. The van der Waals surface area contributed by atoms with E-state index in [1.807, 2.05) is 56.0 Å². The van der Waals surface area contributed by atoms with Crippen LogP contribution >= 0.6 is 0 Å². The average Bonchev–Trinajstić information content (AvgIpc) is 3.69. The number of fused-ring (bicyclic) bond motifs is 3. The van der Waals surface area contributed by atoms with Crippen molar-refractivity contribution in [2.24, 2.45) is 22.9 Å². The lowest BCUT2D eigenvalue weighted by atomic mass is 9.55. The summed E-state index contributed by atoms with van der Waals surface area (Å²) in [4.78, 5) is 22.8. The molecule has 0 bridgehead atoms. The molecule has 316 valence electrons. The fraction of sp³-hybridized carbons (Fsp3) is 0.565. The summed E-state index contributed by atoms with van der Waals surface area (Å²) in [7, 11) is 0. The van der Waals surface area contributed by atoms with Gasteiger partial charge in [0.25, 0.3) is 0 Å². The number of nitrogens with zero attached hydrogens (tertiary/aromatic N) is 2. The summed E-state index contributed by atoms with van der Waals surface area (Å²) in [6.07, 6.45) is 11.6. The molecule has 58 heavy (non-hydrogen) atoms. The molecule has 6 unspecified atom stereocenters. The van der Waals surface area contributed by atoms with Gasteiger partial charge in [0, 0.05) is 44.2 Å². The lowest BCUT2D eigenvalue weighted by Crippen LogP contribution is -2.70. The quantitative estimate of drug-likeness (QED) is 0.0690. The lowest BCUT2D eigenvalue weighted by Gasteiger charge is -2.60. The smallest absolute Gasteiger partial charge is 0.318 e. The van der Waals surface area contributed by atoms with Crippen LogP contribution in [0.1, 0.15) is 96.1 Å². The number of ether oxygens (including phenoxy) is 5. The van der Waals surface area contributed by atoms with Crippen LogP contribution in [-0.4, -0.2) is 84.1 Å². The number of benzene rings is 2. The molecule has 2 aliphatic heterocycles. The van der Waals surface area contributed by atoms with Crippen molar-refractivity contribution in [1.29, 1.82) is 0 Å². The predicted molar refractivity (Wildman–Crippen MR) is 223 cm³/mol. The van der Waals surface area contributed by atoms with Gasteiger partial charge in [0.1, 0.15) is 29.7 Å². The van der Waals surface area contributed by atoms with Crippen molar-refractivity contribution in [3.63, 3.8) is 0 Å². The highest BCUT2D eigenvalue weighted by atomic mass is 16.7. The summed E-state index contributed by atoms with van der Waals surface area (Å²) in [5.41, 5.74) is 3.05. The zero-order valence-electron chi connectivity index (χ0n) is 34.8. The standard InChI is InChI=1S/C46H63N3O9/c1-7-20-49(44(52)47-29-31-16-18-39-40(25-31)55-30-54-39)41-28-37(48-58-45(4,5)6)35-26-32(14-10-12-21-50)34(15-11-13-22-51)42-36-27-33(53-23-8-2)17-19-38(36)57-46(41,43(35)42)56-24-9-3/h8-9,16-19,25-27,32,34,41-43,50-51H,2-3,7,10-15,20-24,28-30H2,1,4-6H3,(H,47,52). The van der Waals surface area contributed by atoms with E-state index < -0.39 is 23.3 Å². The number of amides is 2. The molecule has 1 saturated carbocycles. The number of carbonyl (C=O) groups excluding carboxylic acids is 1. The molecule has 0 aromatic heterocycles. The molecule has 2 heterocycles. The minimum atomic E-state index is -1.35. The second-order valence-electron chi connectivity index (χ2n) is 16.6. The topological polar surface area (TPSA) is 141 Å². The number of urea groups is 1. The third kappa shape index (κ3) is 9.50. The number of rotatable bonds is 20. The SMILES string of the molecule is C=CCOc1ccc2c(c1)C1C(CCCCO)C(CCCCO)C=C3C(=NOC(C)(C)C)CC(N(CCC)C(=O)NCc4ccc5c(c4)OCO5)C(OCC=C)(O2)C31. The van der Waals surface area contributed by atoms with Crippen molar-refractivity contribution >= 4 is 11.7 Å². The molecule has 2 amide bonds. The monoisotopic (exact) mass is 801 g/mol. The highest BCUT2D eigenvalue weighted by Gasteiger charge is 2.65. The minimum absolute atomic E-state index is 0.103. The fourth-order valence-corrected chi connectivity index (χ4v) is 9.06. The Kier molecular flexibility index (Phi) is 14.5. The number of aliphatic hydroxyl groups excluding tert-OH is 2. The van der Waals surface area contributed by atoms with E-state index in [1.54, 1.807) is 12.2 Å². The van der Waals surface area contributed by atoms with Gasteiger partial charge in [-0.3, -0.25) is 0 Å². The van der Waals surface area contributed by atoms with Gasteiger partial charge in [0.05, 0.1) is 18.2 Å². The first-order chi connectivity index (χ1) is 28.1. The number of carbonyl (C=O) groups is 1. The van der Waals surface area contributed by atoms with Crippen molar-refractivity contribution in [2.75, 3.05) is 39.8 Å². The van der Waals surface area contributed by atoms with Crippen molar-refractivity contribution in [3.05, 3.63) is 84.5 Å². The van der Waals surface area contributed by atoms with Gasteiger partial charge in [-0.25, -0.2) is 4.79 Å². The molecule has 12 heteroatoms. The Morgan fingerprint density at radius 3 is 2.47 bits per heavy atom. The molecule has 0 spiro atoms. The van der Waals surface area contributed by atoms with Crippen LogP contribution in [0.2, 0.25) is 0 Å². The van der Waals surface area contributed by atoms with Gasteiger partial charge in [-0.2, -0.15) is 0 Å². The Morgan fingerprint density at radius 1 is 1.00 bits per heavy atom. The molecular formula is C46H63N3O9. The zero-order chi connectivity index (χ0) is 41.3. The Morgan fingerprint density at radius 2 is 1.74 bits per heavy atom. The van der Waals surface area contributed by atoms with E-state index in [0.717, 1.165) is 48.1 Å². The normalized spacial score (nSPS) is 24.8. The Balaban J connectivity index is 1.52. The highest BCUT2D eigenvalue weighted by Crippen LogP contribution is 2.62. The van der Waals surface area contributed by atoms with Gasteiger partial charge in [-0.05, 0) is 106 Å². The average molecular weight is 802 g/mol. The number of hydrogen-bond donors (Lipinski definition) is 3. The lowest BCUT2D eigenvalue weighted by molar-refractivity contribution is -0.254. The maximum Gasteiger partial charge on any atom is 0.318 e. The van der Waals surface area contributed by atoms with Crippen LogP contribution in [0, 0.1) is 17.8 Å². The Bertz CT molecular complexity index is 1800. The largest absolute Gasteiger partial charge is 0.490 e. The first-order valence-electron chi connectivity index (χ1n) is 21.0. The van der Waals surface area contributed by atoms with Crippen LogP contribution in [0.25, 0.3) is 0 Å². The molecule has 1 fully saturated rings. The van der Waals surface area contributed by atoms with E-state index in [0.29, 0.717) is 61.8 Å². The van der Waals surface area contributed by atoms with Crippen molar-refractivity contribution < 1.29 is 43.5 Å². The molecule has 4 aliphatic rings. The molecule has 12 nitrogen and oxygen atoms in total. The molecular weight excluding hydrogens is 739 g/mol. The van der Waals surface area contributed by atoms with E-state index in [4.69, 9.17) is 33.7 Å². The van der Waals surface area contributed by atoms with Crippen LogP contribution < -0.4 is 24.3 Å². The molecule has 6 rings (SSSR count). The van der Waals surface area contributed by atoms with E-state index in [2.05, 4.69) is 37.5 Å². The second-order valence-corrected chi connectivity index (χ2v) is 16.6. The van der Waals surface area contributed by atoms with Crippen LogP contribution in [0.3, 0.4) is 0 Å². The van der Waals surface area contributed by atoms with Gasteiger partial charge in [-0.15, -0.1) is 6.58 Å². The van der Waals surface area contributed by atoms with Crippen LogP contribution in [0.5, 0.6) is 23.0 Å². The molecule has 2 aliphatic carbocycles. The summed E-state index contributed by atoms with van der Waals surface area (Å²) in [5, 5.41) is 27.9. The van der Waals surface area contributed by atoms with E-state index in [1.165, 1.54) is 0 Å². The van der Waals surface area contributed by atoms with Crippen molar-refractivity contribution in [2.45, 2.75) is 109 Å². The van der Waals surface area contributed by atoms with Crippen molar-refractivity contribution in [3.8, 4) is 23.0 Å². The van der Waals surface area contributed by atoms with Gasteiger partial charge >= 0.3 is 6.03 Å². The van der Waals surface area contributed by atoms with Gasteiger partial charge in [-0.1, -0.05) is 55.8 Å². The third-order valence-corrected chi connectivity index (χ3v) is 11.4. The Hall–Kier alpha value is -4.52. The van der Waals surface area contributed by atoms with Gasteiger partial charge in [0.2, 0.25) is 12.6 Å². The summed E-state index contributed by atoms with van der Waals surface area (Å²) in [6, 6.07) is 10.7. The number of allylic oxidation sites excluding steroid dienone is 1. The number of aliphatic hydroxyl groups is 2. The van der Waals surface area contributed by atoms with Crippen LogP contribution in [0.4, 0.5) is 4.79 Å². The minimum Gasteiger partial charge on any atom is -0.490 e. The number of hydrogen-bond acceptors (Lipinski definition) is 10. The Labute approximate surface area is 343 Å². The predicted octanol–water partition coefficient (Wildman–Crippen LogP) is 8.03. The van der Waals surface area contributed by atoms with E-state index in [9.17, 15) is 15.0 Å². The maximum atomic E-state index is 14.7. The highest BCUT2D eigenvalue weighted by molar-refractivity contribution is 6.03. The van der Waals surface area contributed by atoms with Crippen LogP contribution in [0.15, 0.2) is 78.5 Å². The molecule has 2 aromatic rings. The van der Waals surface area contributed by atoms with E-state index in [-0.39, 0.29) is 56.9 Å². The number of oxime groups is 1. The second kappa shape index (κ2) is 19.5.